The Morgan fingerprint density at radius 3 is 2.79 bits per heavy atom. The van der Waals surface area contributed by atoms with Gasteiger partial charge in [0.05, 0.1) is 5.10 Å². The van der Waals surface area contributed by atoms with Crippen molar-refractivity contribution in [2.24, 2.45) is 5.73 Å². The molecule has 0 fully saturated rings. The number of nitrogens with zero attached hydrogens (tertiary/aromatic N) is 3. The minimum atomic E-state index is 0.382. The Bertz CT molecular complexity index is 531. The molecule has 0 saturated carbocycles. The van der Waals surface area contributed by atoms with Crippen molar-refractivity contribution >= 4 is 17.0 Å². The second-order valence-corrected chi connectivity index (χ2v) is 4.43. The molecule has 2 aromatic rings. The van der Waals surface area contributed by atoms with Crippen LogP contribution >= 0.6 is 0 Å². The molecule has 0 aliphatic rings. The van der Waals surface area contributed by atoms with Crippen LogP contribution in [0.15, 0.2) is 24.3 Å². The first-order valence-corrected chi connectivity index (χ1v) is 6.62. The molecule has 2 rings (SSSR count). The van der Waals surface area contributed by atoms with E-state index in [1.807, 2.05) is 6.07 Å². The highest BCUT2D eigenvalue weighted by Crippen LogP contribution is 2.07. The van der Waals surface area contributed by atoms with Crippen LogP contribution in [0.25, 0.3) is 11.0 Å². The monoisotopic (exact) mass is 261 g/mol. The quantitative estimate of drug-likeness (QED) is 0.444. The normalized spacial score (nSPS) is 10.8. The van der Waals surface area contributed by atoms with E-state index < -0.39 is 0 Å². The number of para-hydroxylation sites is 2. The predicted molar refractivity (Wildman–Crippen MR) is 74.5 cm³/mol. The van der Waals surface area contributed by atoms with Crippen molar-refractivity contribution in [3.63, 3.8) is 0 Å². The van der Waals surface area contributed by atoms with Crippen LogP contribution in [0.3, 0.4) is 0 Å². The summed E-state index contributed by atoms with van der Waals surface area (Å²) >= 11 is 0. The molecule has 1 heterocycles. The second-order valence-electron chi connectivity index (χ2n) is 4.43. The van der Waals surface area contributed by atoms with E-state index in [1.165, 1.54) is 0 Å². The van der Waals surface area contributed by atoms with Gasteiger partial charge in [0.2, 0.25) is 0 Å². The van der Waals surface area contributed by atoms with Crippen LogP contribution in [0, 0.1) is 5.21 Å². The van der Waals surface area contributed by atoms with Gasteiger partial charge < -0.3 is 16.3 Å². The van der Waals surface area contributed by atoms with Gasteiger partial charge in [-0.1, -0.05) is 25.0 Å². The summed E-state index contributed by atoms with van der Waals surface area (Å²) in [6.45, 7) is 1.51. The molecule has 6 nitrogen and oxygen atoms in total. The third kappa shape index (κ3) is 3.75. The minimum absolute atomic E-state index is 0.382. The fraction of sp³-hybridized carbons (Fsp3) is 0.462. The van der Waals surface area contributed by atoms with Crippen molar-refractivity contribution in [1.29, 1.82) is 0 Å². The van der Waals surface area contributed by atoms with Gasteiger partial charge in [-0.15, -0.1) is 0 Å². The van der Waals surface area contributed by atoms with E-state index in [0.717, 1.165) is 38.8 Å². The third-order valence-corrected chi connectivity index (χ3v) is 2.91. The lowest BCUT2D eigenvalue weighted by Gasteiger charge is -2.05. The van der Waals surface area contributed by atoms with Gasteiger partial charge in [0, 0.05) is 12.6 Å². The molecule has 1 aromatic heterocycles. The SMILES string of the molecule is NCCCCCCNc1nc2ccccc2[n+]([O-])n1. The highest BCUT2D eigenvalue weighted by Gasteiger charge is 2.08. The average Bonchev–Trinajstić information content (AvgIpc) is 2.43. The van der Waals surface area contributed by atoms with Crippen LogP contribution in [0.1, 0.15) is 25.7 Å². The largest absolute Gasteiger partial charge is 0.594 e. The zero-order valence-corrected chi connectivity index (χ0v) is 10.9. The fourth-order valence-electron chi connectivity index (χ4n) is 1.89. The number of nitrogens with one attached hydrogen (secondary N) is 1. The van der Waals surface area contributed by atoms with Crippen LogP contribution in [0.2, 0.25) is 0 Å². The molecular weight excluding hydrogens is 242 g/mol. The first kappa shape index (κ1) is 13.5. The topological polar surface area (TPSA) is 90.8 Å². The van der Waals surface area contributed by atoms with Crippen molar-refractivity contribution in [2.75, 3.05) is 18.4 Å². The highest BCUT2D eigenvalue weighted by atomic mass is 16.5. The van der Waals surface area contributed by atoms with Crippen molar-refractivity contribution in [1.82, 2.24) is 10.1 Å². The lowest BCUT2D eigenvalue weighted by Crippen LogP contribution is -2.33. The summed E-state index contributed by atoms with van der Waals surface area (Å²) in [6, 6.07) is 7.16. The lowest BCUT2D eigenvalue weighted by atomic mass is 10.2. The van der Waals surface area contributed by atoms with Gasteiger partial charge in [0.1, 0.15) is 5.52 Å². The molecule has 0 radical (unpaired) electrons. The summed E-state index contributed by atoms with van der Waals surface area (Å²) in [6.07, 6.45) is 4.34. The summed E-state index contributed by atoms with van der Waals surface area (Å²) in [5.74, 6) is 0.382. The molecule has 0 amide bonds. The number of anilines is 1. The number of nitrogens with two attached hydrogens (primary N) is 1. The number of unbranched alkanes of at least 4 members (excludes halogenated alkanes) is 3. The maximum Gasteiger partial charge on any atom is 0.290 e. The number of benzene rings is 1. The third-order valence-electron chi connectivity index (χ3n) is 2.91. The molecule has 0 unspecified atom stereocenters. The first-order valence-electron chi connectivity index (χ1n) is 6.62. The lowest BCUT2D eigenvalue weighted by molar-refractivity contribution is -0.641. The molecule has 19 heavy (non-hydrogen) atoms. The molecule has 6 heteroatoms. The smallest absolute Gasteiger partial charge is 0.290 e. The van der Waals surface area contributed by atoms with E-state index in [4.69, 9.17) is 5.73 Å². The summed E-state index contributed by atoms with van der Waals surface area (Å²) in [5.41, 5.74) is 6.56. The van der Waals surface area contributed by atoms with E-state index in [1.54, 1.807) is 18.2 Å². The molecule has 0 saturated heterocycles. The Morgan fingerprint density at radius 1 is 1.16 bits per heavy atom. The first-order chi connectivity index (χ1) is 9.31. The predicted octanol–water partition coefficient (Wildman–Crippen LogP) is 1.19. The summed E-state index contributed by atoms with van der Waals surface area (Å²) in [5, 5.41) is 18.6. The summed E-state index contributed by atoms with van der Waals surface area (Å²) < 4.78 is 0. The van der Waals surface area contributed by atoms with Crippen LogP contribution in [0.4, 0.5) is 5.95 Å². The van der Waals surface area contributed by atoms with E-state index in [0.29, 0.717) is 21.8 Å². The Morgan fingerprint density at radius 2 is 1.95 bits per heavy atom. The molecular formula is C13H19N5O. The van der Waals surface area contributed by atoms with Crippen molar-refractivity contribution in [3.8, 4) is 0 Å². The molecule has 0 bridgehead atoms. The van der Waals surface area contributed by atoms with Gasteiger partial charge in [-0.2, -0.15) is 0 Å². The number of fused-ring (bicyclic) bond motifs is 1. The standard InChI is InChI=1S/C13H19N5O/c14-9-5-1-2-6-10-15-13-16-11-7-3-4-8-12(11)18(19)17-13/h3-4,7-8H,1-2,5-6,9-10,14H2,(H,15,16,17). The van der Waals surface area contributed by atoms with Crippen molar-refractivity contribution < 1.29 is 4.85 Å². The average molecular weight is 261 g/mol. The van der Waals surface area contributed by atoms with Crippen LogP contribution in [0.5, 0.6) is 0 Å². The molecule has 0 atom stereocenters. The summed E-state index contributed by atoms with van der Waals surface area (Å²) in [4.78, 5) is 4.92. The van der Waals surface area contributed by atoms with Crippen molar-refractivity contribution in [2.45, 2.75) is 25.7 Å². The number of aromatic nitrogens is 3. The number of hydrogen-bond donors (Lipinski definition) is 2. The fourth-order valence-corrected chi connectivity index (χ4v) is 1.89. The molecule has 0 aliphatic heterocycles. The minimum Gasteiger partial charge on any atom is -0.594 e. The van der Waals surface area contributed by atoms with Crippen LogP contribution in [-0.4, -0.2) is 23.2 Å². The Balaban J connectivity index is 1.90. The second kappa shape index (κ2) is 6.84. The Kier molecular flexibility index (Phi) is 4.85. The van der Waals surface area contributed by atoms with E-state index in [9.17, 15) is 5.21 Å². The molecule has 0 aliphatic carbocycles. The highest BCUT2D eigenvalue weighted by molar-refractivity contribution is 5.71. The zero-order chi connectivity index (χ0) is 13.5. The van der Waals surface area contributed by atoms with Gasteiger partial charge in [-0.3, -0.25) is 0 Å². The zero-order valence-electron chi connectivity index (χ0n) is 10.9. The molecule has 102 valence electrons. The van der Waals surface area contributed by atoms with Gasteiger partial charge >= 0.3 is 0 Å². The van der Waals surface area contributed by atoms with Crippen molar-refractivity contribution in [3.05, 3.63) is 29.5 Å². The van der Waals surface area contributed by atoms with Gasteiger partial charge in [0.25, 0.3) is 11.5 Å². The molecule has 1 aromatic carbocycles. The number of rotatable bonds is 7. The van der Waals surface area contributed by atoms with Crippen LogP contribution in [-0.2, 0) is 0 Å². The van der Waals surface area contributed by atoms with Gasteiger partial charge in [0.15, 0.2) is 0 Å². The molecule has 0 spiro atoms. The van der Waals surface area contributed by atoms with Crippen LogP contribution < -0.4 is 15.9 Å². The maximum atomic E-state index is 11.7. The van der Waals surface area contributed by atoms with Gasteiger partial charge in [-0.05, 0) is 30.3 Å². The Labute approximate surface area is 112 Å². The summed E-state index contributed by atoms with van der Waals surface area (Å²) in [7, 11) is 0. The number of hydrogen-bond acceptors (Lipinski definition) is 5. The van der Waals surface area contributed by atoms with E-state index in [2.05, 4.69) is 15.4 Å². The Hall–Kier alpha value is -1.95. The van der Waals surface area contributed by atoms with E-state index >= 15 is 0 Å². The maximum absolute atomic E-state index is 11.7. The van der Waals surface area contributed by atoms with Gasteiger partial charge in [-0.25, -0.2) is 4.98 Å². The molecule has 3 N–H and O–H groups in total. The van der Waals surface area contributed by atoms with E-state index in [-0.39, 0.29) is 0 Å².